The summed E-state index contributed by atoms with van der Waals surface area (Å²) in [6, 6.07) is 14.1. The predicted octanol–water partition coefficient (Wildman–Crippen LogP) is 8.79. The van der Waals surface area contributed by atoms with Gasteiger partial charge in [0.1, 0.15) is 11.5 Å². The summed E-state index contributed by atoms with van der Waals surface area (Å²) in [5.41, 5.74) is 8.12. The number of aromatic nitrogens is 1. The van der Waals surface area contributed by atoms with Gasteiger partial charge in [-0.25, -0.2) is 0 Å². The van der Waals surface area contributed by atoms with Gasteiger partial charge < -0.3 is 10.2 Å². The number of rotatable bonds is 11. The highest BCUT2D eigenvalue weighted by molar-refractivity contribution is 5.79. The summed E-state index contributed by atoms with van der Waals surface area (Å²) in [7, 11) is 0. The van der Waals surface area contributed by atoms with Crippen molar-refractivity contribution in [3.63, 3.8) is 0 Å². The van der Waals surface area contributed by atoms with Crippen LogP contribution < -0.4 is 0 Å². The Morgan fingerprint density at radius 3 is 2.31 bits per heavy atom. The number of aryl methyl sites for hydroxylation is 1. The van der Waals surface area contributed by atoms with Gasteiger partial charge in [0.05, 0.1) is 0 Å². The van der Waals surface area contributed by atoms with Crippen molar-refractivity contribution in [3.05, 3.63) is 89.3 Å². The third kappa shape index (κ3) is 7.32. The molecule has 2 aromatic carbocycles. The average molecular weight is 470 g/mol. The maximum Gasteiger partial charge on any atom is 0.130 e. The molecule has 0 saturated carbocycles. The molecule has 1 aromatic heterocycles. The largest absolute Gasteiger partial charge is 0.508 e. The van der Waals surface area contributed by atoms with Crippen molar-refractivity contribution in [1.82, 2.24) is 4.98 Å². The van der Waals surface area contributed by atoms with Crippen LogP contribution in [0.2, 0.25) is 0 Å². The third-order valence-electron chi connectivity index (χ3n) is 6.43. The number of phenols is 2. The Balaban J connectivity index is 1.95. The second kappa shape index (κ2) is 12.9. The molecule has 0 aliphatic heterocycles. The first-order valence-corrected chi connectivity index (χ1v) is 12.8. The summed E-state index contributed by atoms with van der Waals surface area (Å²) < 4.78 is 0. The minimum absolute atomic E-state index is 0.179. The number of aromatic hydroxyl groups is 2. The summed E-state index contributed by atoms with van der Waals surface area (Å²) in [5, 5.41) is 22.2. The molecule has 0 atom stereocenters. The maximum absolute atomic E-state index is 11.4. The number of hydrogen-bond acceptors (Lipinski definition) is 3. The molecular formula is C32H39NO2. The van der Waals surface area contributed by atoms with Gasteiger partial charge in [0.25, 0.3) is 0 Å². The first kappa shape index (κ1) is 26.3. The van der Waals surface area contributed by atoms with Crippen LogP contribution in [0.1, 0.15) is 70.9 Å². The molecule has 0 spiro atoms. The Morgan fingerprint density at radius 1 is 0.914 bits per heavy atom. The van der Waals surface area contributed by atoms with E-state index in [0.29, 0.717) is 12.0 Å². The second-order valence-electron chi connectivity index (χ2n) is 9.61. The lowest BCUT2D eigenvalue weighted by Gasteiger charge is -2.17. The number of pyridine rings is 1. The van der Waals surface area contributed by atoms with Crippen LogP contribution in [0.25, 0.3) is 22.3 Å². The lowest BCUT2D eigenvalue weighted by Crippen LogP contribution is -1.97. The minimum atomic E-state index is 0.179. The Labute approximate surface area is 210 Å². The second-order valence-corrected chi connectivity index (χ2v) is 9.61. The van der Waals surface area contributed by atoms with E-state index in [1.807, 2.05) is 24.4 Å². The van der Waals surface area contributed by atoms with E-state index in [1.165, 1.54) is 11.1 Å². The van der Waals surface area contributed by atoms with Crippen molar-refractivity contribution in [1.29, 1.82) is 0 Å². The molecule has 0 fully saturated rings. The molecule has 0 amide bonds. The Kier molecular flexibility index (Phi) is 9.72. The van der Waals surface area contributed by atoms with Crippen LogP contribution in [0, 0.1) is 0 Å². The molecule has 184 valence electrons. The van der Waals surface area contributed by atoms with E-state index < -0.39 is 0 Å². The summed E-state index contributed by atoms with van der Waals surface area (Å²) in [6.07, 6.45) is 14.6. The smallest absolute Gasteiger partial charge is 0.130 e. The fraction of sp³-hybridized carbons (Fsp3) is 0.344. The summed E-state index contributed by atoms with van der Waals surface area (Å²) in [5.74, 6) is 0.372. The Bertz CT molecular complexity index is 1150. The average Bonchev–Trinajstić information content (AvgIpc) is 2.84. The first-order chi connectivity index (χ1) is 16.9. The number of nitrogens with zero attached hydrogens (tertiary/aromatic N) is 1. The van der Waals surface area contributed by atoms with E-state index in [1.54, 1.807) is 6.20 Å². The van der Waals surface area contributed by atoms with Gasteiger partial charge in [0.2, 0.25) is 0 Å². The number of hydrogen-bond donors (Lipinski definition) is 2. The highest BCUT2D eigenvalue weighted by Gasteiger charge is 2.18. The van der Waals surface area contributed by atoms with E-state index in [0.717, 1.165) is 66.3 Å². The van der Waals surface area contributed by atoms with Gasteiger partial charge in [-0.05, 0) is 87.3 Å². The van der Waals surface area contributed by atoms with Crippen molar-refractivity contribution < 1.29 is 10.2 Å². The Hall–Kier alpha value is -3.33. The maximum atomic E-state index is 11.4. The van der Waals surface area contributed by atoms with Crippen molar-refractivity contribution in [2.45, 2.75) is 72.6 Å². The molecule has 35 heavy (non-hydrogen) atoms. The van der Waals surface area contributed by atoms with E-state index in [4.69, 9.17) is 0 Å². The van der Waals surface area contributed by atoms with Gasteiger partial charge >= 0.3 is 0 Å². The molecule has 3 aromatic rings. The summed E-state index contributed by atoms with van der Waals surface area (Å²) >= 11 is 0. The van der Waals surface area contributed by atoms with Crippen LogP contribution in [-0.4, -0.2) is 15.2 Å². The summed E-state index contributed by atoms with van der Waals surface area (Å²) in [4.78, 5) is 4.22. The number of allylic oxidation sites excluding steroid dienone is 4. The van der Waals surface area contributed by atoms with Gasteiger partial charge in [0.15, 0.2) is 0 Å². The van der Waals surface area contributed by atoms with Crippen molar-refractivity contribution in [3.8, 4) is 33.8 Å². The van der Waals surface area contributed by atoms with Crippen LogP contribution in [0.4, 0.5) is 0 Å². The van der Waals surface area contributed by atoms with Gasteiger partial charge in [-0.1, -0.05) is 73.4 Å². The molecule has 2 N–H and O–H groups in total. The van der Waals surface area contributed by atoms with Crippen molar-refractivity contribution >= 4 is 0 Å². The molecule has 0 aliphatic carbocycles. The molecule has 0 bridgehead atoms. The fourth-order valence-electron chi connectivity index (χ4n) is 4.36. The number of benzene rings is 2. The SMILES string of the molecule is CCCCCc1cc(O)c(CC=C(C)CCC=C(C)C)c(O)c1-c1ccc(-c2cccnc2)cc1. The molecule has 3 heteroatoms. The molecule has 1 heterocycles. The van der Waals surface area contributed by atoms with Crippen molar-refractivity contribution in [2.75, 3.05) is 0 Å². The Morgan fingerprint density at radius 2 is 1.66 bits per heavy atom. The molecule has 0 radical (unpaired) electrons. The van der Waals surface area contributed by atoms with E-state index in [-0.39, 0.29) is 11.5 Å². The zero-order valence-electron chi connectivity index (χ0n) is 21.6. The lowest BCUT2D eigenvalue weighted by molar-refractivity contribution is 0.440. The standard InChI is InChI=1S/C32H39NO2/c1-5-6-7-12-27-21-30(34)29(19-14-24(4)11-8-10-23(2)3)32(35)31(27)26-17-15-25(16-18-26)28-13-9-20-33-22-28/h9-10,13-18,20-22,34-35H,5-8,11-12,19H2,1-4H3. The molecule has 3 nitrogen and oxygen atoms in total. The monoisotopic (exact) mass is 469 g/mol. The van der Waals surface area contributed by atoms with E-state index in [9.17, 15) is 10.2 Å². The van der Waals surface area contributed by atoms with Gasteiger partial charge in [-0.3, -0.25) is 4.98 Å². The molecule has 0 aliphatic rings. The molecule has 0 unspecified atom stereocenters. The number of phenolic OH excluding ortho intramolecular Hbond substituents is 2. The van der Waals surface area contributed by atoms with Gasteiger partial charge in [0, 0.05) is 23.5 Å². The van der Waals surface area contributed by atoms with Crippen LogP contribution in [-0.2, 0) is 12.8 Å². The summed E-state index contributed by atoms with van der Waals surface area (Å²) in [6.45, 7) is 8.52. The number of unbranched alkanes of at least 4 members (excludes halogenated alkanes) is 2. The fourth-order valence-corrected chi connectivity index (χ4v) is 4.36. The first-order valence-electron chi connectivity index (χ1n) is 12.8. The van der Waals surface area contributed by atoms with Crippen molar-refractivity contribution in [2.24, 2.45) is 0 Å². The highest BCUT2D eigenvalue weighted by atomic mass is 16.3. The lowest BCUT2D eigenvalue weighted by atomic mass is 9.90. The van der Waals surface area contributed by atoms with E-state index in [2.05, 4.69) is 69.1 Å². The van der Waals surface area contributed by atoms with Crippen LogP contribution >= 0.6 is 0 Å². The topological polar surface area (TPSA) is 53.4 Å². The zero-order valence-corrected chi connectivity index (χ0v) is 21.6. The molecule has 0 saturated heterocycles. The van der Waals surface area contributed by atoms with E-state index >= 15 is 0 Å². The van der Waals surface area contributed by atoms with Gasteiger partial charge in [-0.15, -0.1) is 0 Å². The zero-order chi connectivity index (χ0) is 25.2. The van der Waals surface area contributed by atoms with Crippen LogP contribution in [0.3, 0.4) is 0 Å². The molecular weight excluding hydrogens is 430 g/mol. The normalized spacial score (nSPS) is 11.5. The minimum Gasteiger partial charge on any atom is -0.508 e. The predicted molar refractivity (Wildman–Crippen MR) is 148 cm³/mol. The van der Waals surface area contributed by atoms with Crippen LogP contribution in [0.15, 0.2) is 78.2 Å². The third-order valence-corrected chi connectivity index (χ3v) is 6.43. The van der Waals surface area contributed by atoms with Gasteiger partial charge in [-0.2, -0.15) is 0 Å². The highest BCUT2D eigenvalue weighted by Crippen LogP contribution is 2.42. The van der Waals surface area contributed by atoms with Crippen LogP contribution in [0.5, 0.6) is 11.5 Å². The quantitative estimate of drug-likeness (QED) is 0.218. The molecule has 3 rings (SSSR count).